The molecule has 1 aromatic heterocycles. The van der Waals surface area contributed by atoms with E-state index in [1.165, 1.54) is 0 Å². The van der Waals surface area contributed by atoms with Gasteiger partial charge in [-0.2, -0.15) is 5.10 Å². The molecule has 1 aliphatic heterocycles. The van der Waals surface area contributed by atoms with Crippen LogP contribution < -0.4 is 0 Å². The van der Waals surface area contributed by atoms with Gasteiger partial charge in [-0.25, -0.2) is 0 Å². The summed E-state index contributed by atoms with van der Waals surface area (Å²) in [6.07, 6.45) is 4.75. The third kappa shape index (κ3) is 2.88. The maximum Gasteiger partial charge on any atom is 0.244 e. The van der Waals surface area contributed by atoms with Crippen LogP contribution in [0.3, 0.4) is 0 Å². The first-order valence-electron chi connectivity index (χ1n) is 6.12. The van der Waals surface area contributed by atoms with Gasteiger partial charge in [-0.3, -0.25) is 9.48 Å². The second-order valence-corrected chi connectivity index (χ2v) is 5.02. The number of hydrogen-bond acceptors (Lipinski definition) is 4. The lowest BCUT2D eigenvalue weighted by Crippen LogP contribution is -2.53. The summed E-state index contributed by atoms with van der Waals surface area (Å²) in [6.45, 7) is 2.61. The molecular formula is C12H19N3O3. The third-order valence-electron chi connectivity index (χ3n) is 3.26. The predicted octanol–water partition coefficient (Wildman–Crippen LogP) is -0.463. The van der Waals surface area contributed by atoms with Crippen LogP contribution in [0.4, 0.5) is 0 Å². The van der Waals surface area contributed by atoms with Crippen LogP contribution in [0.1, 0.15) is 18.4 Å². The molecule has 0 radical (unpaired) electrons. The molecule has 2 rings (SSSR count). The average molecular weight is 253 g/mol. The lowest BCUT2D eigenvalue weighted by molar-refractivity contribution is -0.141. The van der Waals surface area contributed by atoms with E-state index in [0.29, 0.717) is 19.4 Å². The fourth-order valence-corrected chi connectivity index (χ4v) is 2.25. The summed E-state index contributed by atoms with van der Waals surface area (Å²) in [5.41, 5.74) is -0.137. The molecule has 1 amide bonds. The third-order valence-corrected chi connectivity index (χ3v) is 3.26. The number of aliphatic hydroxyl groups is 2. The van der Waals surface area contributed by atoms with Crippen LogP contribution >= 0.6 is 0 Å². The molecule has 0 unspecified atom stereocenters. The molecule has 0 aliphatic carbocycles. The number of β-amino-alcohol motifs (C(OH)–C–C–N with tert-alkyl or cyclic N) is 1. The van der Waals surface area contributed by atoms with Gasteiger partial charge in [0.2, 0.25) is 5.91 Å². The van der Waals surface area contributed by atoms with Crippen molar-refractivity contribution in [2.45, 2.75) is 31.9 Å². The van der Waals surface area contributed by atoms with E-state index in [-0.39, 0.29) is 25.6 Å². The molecule has 0 bridgehead atoms. The van der Waals surface area contributed by atoms with Gasteiger partial charge in [-0.05, 0) is 25.3 Å². The largest absolute Gasteiger partial charge is 0.393 e. The van der Waals surface area contributed by atoms with Crippen molar-refractivity contribution in [2.75, 3.05) is 19.7 Å². The molecule has 1 aliphatic rings. The molecule has 1 aromatic rings. The zero-order valence-corrected chi connectivity index (χ0v) is 10.5. The minimum atomic E-state index is -1.14. The van der Waals surface area contributed by atoms with Gasteiger partial charge in [0.25, 0.3) is 0 Å². The van der Waals surface area contributed by atoms with Crippen LogP contribution in [0.15, 0.2) is 12.4 Å². The fraction of sp³-hybridized carbons (Fsp3) is 0.667. The number of nitrogens with zero attached hydrogens (tertiary/aromatic N) is 3. The molecule has 18 heavy (non-hydrogen) atoms. The summed E-state index contributed by atoms with van der Waals surface area (Å²) in [7, 11) is 0. The van der Waals surface area contributed by atoms with Crippen LogP contribution in [0.25, 0.3) is 0 Å². The number of amides is 1. The SMILES string of the molecule is Cc1cnn(CC(=O)N2CCC[C@](O)(CO)C2)c1. The summed E-state index contributed by atoms with van der Waals surface area (Å²) in [5, 5.41) is 23.2. The second-order valence-electron chi connectivity index (χ2n) is 5.02. The molecule has 1 atom stereocenters. The lowest BCUT2D eigenvalue weighted by Gasteiger charge is -2.38. The number of aliphatic hydroxyl groups excluding tert-OH is 1. The first-order chi connectivity index (χ1) is 8.52. The summed E-state index contributed by atoms with van der Waals surface area (Å²) < 4.78 is 1.59. The Labute approximate surface area is 106 Å². The van der Waals surface area contributed by atoms with E-state index in [2.05, 4.69) is 5.10 Å². The van der Waals surface area contributed by atoms with E-state index < -0.39 is 5.60 Å². The minimum Gasteiger partial charge on any atom is -0.393 e. The van der Waals surface area contributed by atoms with E-state index in [1.807, 2.05) is 6.92 Å². The van der Waals surface area contributed by atoms with Gasteiger partial charge < -0.3 is 15.1 Å². The van der Waals surface area contributed by atoms with E-state index >= 15 is 0 Å². The van der Waals surface area contributed by atoms with Gasteiger partial charge in [-0.1, -0.05) is 0 Å². The zero-order valence-electron chi connectivity index (χ0n) is 10.5. The van der Waals surface area contributed by atoms with Gasteiger partial charge in [-0.15, -0.1) is 0 Å². The van der Waals surface area contributed by atoms with Gasteiger partial charge in [0.05, 0.1) is 19.3 Å². The molecule has 1 saturated heterocycles. The van der Waals surface area contributed by atoms with Crippen LogP contribution in [0, 0.1) is 6.92 Å². The highest BCUT2D eigenvalue weighted by molar-refractivity contribution is 5.76. The molecule has 0 saturated carbocycles. The smallest absolute Gasteiger partial charge is 0.244 e. The van der Waals surface area contributed by atoms with Crippen molar-refractivity contribution in [3.8, 4) is 0 Å². The molecule has 100 valence electrons. The normalized spacial score (nSPS) is 24.3. The first-order valence-corrected chi connectivity index (χ1v) is 6.12. The Balaban J connectivity index is 1.96. The summed E-state index contributed by atoms with van der Waals surface area (Å²) in [4.78, 5) is 13.6. The molecule has 0 aromatic carbocycles. The van der Waals surface area contributed by atoms with Gasteiger partial charge in [0, 0.05) is 12.7 Å². The van der Waals surface area contributed by atoms with Gasteiger partial charge in [0.1, 0.15) is 12.1 Å². The van der Waals surface area contributed by atoms with Crippen molar-refractivity contribution < 1.29 is 15.0 Å². The molecule has 0 spiro atoms. The summed E-state index contributed by atoms with van der Waals surface area (Å²) >= 11 is 0. The molecule has 2 heterocycles. The number of piperidine rings is 1. The highest BCUT2D eigenvalue weighted by Gasteiger charge is 2.34. The maximum atomic E-state index is 12.1. The Bertz CT molecular complexity index is 432. The number of aromatic nitrogens is 2. The molecule has 6 nitrogen and oxygen atoms in total. The Morgan fingerprint density at radius 2 is 2.39 bits per heavy atom. The van der Waals surface area contributed by atoms with Crippen molar-refractivity contribution in [3.05, 3.63) is 18.0 Å². The number of aryl methyl sites for hydroxylation is 1. The number of rotatable bonds is 3. The minimum absolute atomic E-state index is 0.0790. The number of carbonyl (C=O) groups excluding carboxylic acids is 1. The van der Waals surface area contributed by atoms with Crippen molar-refractivity contribution in [1.82, 2.24) is 14.7 Å². The Morgan fingerprint density at radius 1 is 1.61 bits per heavy atom. The van der Waals surface area contributed by atoms with Crippen LogP contribution in [-0.4, -0.2) is 56.1 Å². The first kappa shape index (κ1) is 13.0. The van der Waals surface area contributed by atoms with Crippen molar-refractivity contribution in [2.24, 2.45) is 0 Å². The molecule has 2 N–H and O–H groups in total. The van der Waals surface area contributed by atoms with E-state index in [9.17, 15) is 9.90 Å². The van der Waals surface area contributed by atoms with Crippen molar-refractivity contribution >= 4 is 5.91 Å². The topological polar surface area (TPSA) is 78.6 Å². The van der Waals surface area contributed by atoms with E-state index in [0.717, 1.165) is 5.56 Å². The summed E-state index contributed by atoms with van der Waals surface area (Å²) in [6, 6.07) is 0. The van der Waals surface area contributed by atoms with E-state index in [4.69, 9.17) is 5.11 Å². The number of likely N-dealkylation sites (tertiary alicyclic amines) is 1. The number of hydrogen-bond donors (Lipinski definition) is 2. The average Bonchev–Trinajstić information content (AvgIpc) is 2.75. The standard InChI is InChI=1S/C12H19N3O3/c1-10-5-13-15(6-10)7-11(17)14-4-2-3-12(18,8-14)9-16/h5-6,16,18H,2-4,7-9H2,1H3/t12-/m1/s1. The Hall–Kier alpha value is -1.40. The van der Waals surface area contributed by atoms with E-state index in [1.54, 1.807) is 22.0 Å². The zero-order chi connectivity index (χ0) is 13.2. The number of carbonyl (C=O) groups is 1. The highest BCUT2D eigenvalue weighted by atomic mass is 16.3. The maximum absolute atomic E-state index is 12.1. The van der Waals surface area contributed by atoms with Crippen LogP contribution in [0.5, 0.6) is 0 Å². The predicted molar refractivity (Wildman–Crippen MR) is 64.8 cm³/mol. The quantitative estimate of drug-likeness (QED) is 0.764. The lowest BCUT2D eigenvalue weighted by atomic mass is 9.94. The van der Waals surface area contributed by atoms with Gasteiger partial charge in [0.15, 0.2) is 0 Å². The van der Waals surface area contributed by atoms with Crippen LogP contribution in [-0.2, 0) is 11.3 Å². The molecule has 6 heteroatoms. The monoisotopic (exact) mass is 253 g/mol. The summed E-state index contributed by atoms with van der Waals surface area (Å²) in [5.74, 6) is -0.0790. The van der Waals surface area contributed by atoms with Crippen LogP contribution in [0.2, 0.25) is 0 Å². The second kappa shape index (κ2) is 5.07. The highest BCUT2D eigenvalue weighted by Crippen LogP contribution is 2.20. The van der Waals surface area contributed by atoms with Gasteiger partial charge >= 0.3 is 0 Å². The Morgan fingerprint density at radius 3 is 3.00 bits per heavy atom. The molecular weight excluding hydrogens is 234 g/mol. The fourth-order valence-electron chi connectivity index (χ4n) is 2.25. The Kier molecular flexibility index (Phi) is 3.68. The van der Waals surface area contributed by atoms with Crippen molar-refractivity contribution in [1.29, 1.82) is 0 Å². The van der Waals surface area contributed by atoms with Crippen molar-refractivity contribution in [3.63, 3.8) is 0 Å². The molecule has 1 fully saturated rings.